The highest BCUT2D eigenvalue weighted by Crippen LogP contribution is 2.41. The molecule has 0 aliphatic carbocycles. The first-order valence-corrected chi connectivity index (χ1v) is 13.9. The number of anilines is 1. The Morgan fingerprint density at radius 2 is 1.88 bits per heavy atom. The van der Waals surface area contributed by atoms with E-state index in [1.54, 1.807) is 26.0 Å². The number of nitrogens with zero attached hydrogens (tertiary/aromatic N) is 1. The number of sulfonamides is 1. The number of hydrogen-bond acceptors (Lipinski definition) is 4. The van der Waals surface area contributed by atoms with Gasteiger partial charge in [-0.25, -0.2) is 12.8 Å². The Kier molecular flexibility index (Phi) is 8.18. The number of carboxylic acid groups (broad SMARTS) is 1. The van der Waals surface area contributed by atoms with Crippen LogP contribution in [0.5, 0.6) is 5.75 Å². The fourth-order valence-corrected chi connectivity index (χ4v) is 6.29. The first kappa shape index (κ1) is 29.4. The van der Waals surface area contributed by atoms with Crippen LogP contribution in [0.4, 0.5) is 23.2 Å². The van der Waals surface area contributed by atoms with E-state index in [4.69, 9.17) is 21.4 Å². The smallest absolute Gasteiger partial charge is 0.416 e. The lowest BCUT2D eigenvalue weighted by Crippen LogP contribution is -2.43. The van der Waals surface area contributed by atoms with Crippen LogP contribution in [-0.4, -0.2) is 32.1 Å². The highest BCUT2D eigenvalue weighted by molar-refractivity contribution is 7.92. The summed E-state index contributed by atoms with van der Waals surface area (Å²) in [5.74, 6) is -1.54. The molecule has 0 aromatic heterocycles. The molecule has 212 valence electrons. The van der Waals surface area contributed by atoms with E-state index in [9.17, 15) is 30.8 Å². The fraction of sp³-hybridized carbons (Fsp3) is 0.250. The molecule has 40 heavy (non-hydrogen) atoms. The number of benzene rings is 3. The van der Waals surface area contributed by atoms with Crippen LogP contribution < -0.4 is 9.04 Å². The Morgan fingerprint density at radius 1 is 1.18 bits per heavy atom. The molecule has 0 radical (unpaired) electrons. The lowest BCUT2D eigenvalue weighted by atomic mass is 9.99. The van der Waals surface area contributed by atoms with Gasteiger partial charge in [0.05, 0.1) is 27.7 Å². The third-order valence-corrected chi connectivity index (χ3v) is 8.53. The predicted molar refractivity (Wildman–Crippen MR) is 143 cm³/mol. The van der Waals surface area contributed by atoms with Crippen LogP contribution in [0.25, 0.3) is 11.6 Å². The van der Waals surface area contributed by atoms with E-state index in [0.717, 1.165) is 22.5 Å². The van der Waals surface area contributed by atoms with Crippen molar-refractivity contribution >= 4 is 44.9 Å². The first-order chi connectivity index (χ1) is 18.7. The second-order valence-corrected chi connectivity index (χ2v) is 11.6. The van der Waals surface area contributed by atoms with Crippen LogP contribution in [-0.2, 0) is 21.0 Å². The van der Waals surface area contributed by atoms with Gasteiger partial charge in [-0.15, -0.1) is 0 Å². The van der Waals surface area contributed by atoms with Crippen molar-refractivity contribution in [3.63, 3.8) is 0 Å². The van der Waals surface area contributed by atoms with Gasteiger partial charge >= 0.3 is 12.1 Å². The number of fused-ring (bicyclic) bond motifs is 1. The minimum absolute atomic E-state index is 0.0328. The second-order valence-electron chi connectivity index (χ2n) is 9.33. The summed E-state index contributed by atoms with van der Waals surface area (Å²) >= 11 is 6.20. The number of rotatable bonds is 7. The summed E-state index contributed by atoms with van der Waals surface area (Å²) in [7, 11) is -4.55. The molecule has 0 amide bonds. The number of aryl methyl sites for hydroxylation is 1. The molecule has 6 nitrogen and oxygen atoms in total. The number of halogens is 5. The van der Waals surface area contributed by atoms with Gasteiger partial charge in [-0.05, 0) is 79.4 Å². The monoisotopic (exact) mass is 597 g/mol. The van der Waals surface area contributed by atoms with E-state index in [-0.39, 0.29) is 41.4 Å². The molecular formula is C28H24ClF4NO5S. The molecule has 1 aliphatic heterocycles. The average molecular weight is 598 g/mol. The summed E-state index contributed by atoms with van der Waals surface area (Å²) in [6.07, 6.45) is -4.36. The third kappa shape index (κ3) is 6.10. The number of alkyl halides is 3. The Balaban J connectivity index is 1.84. The van der Waals surface area contributed by atoms with Crippen LogP contribution in [0.15, 0.2) is 59.5 Å². The summed E-state index contributed by atoms with van der Waals surface area (Å²) < 4.78 is 89.0. The number of hydrogen-bond donors (Lipinski definition) is 1. The van der Waals surface area contributed by atoms with Gasteiger partial charge in [-0.3, -0.25) is 9.10 Å². The zero-order valence-electron chi connectivity index (χ0n) is 21.3. The topological polar surface area (TPSA) is 83.9 Å². The molecule has 4 rings (SSSR count). The lowest BCUT2D eigenvalue weighted by Gasteiger charge is -2.36. The van der Waals surface area contributed by atoms with Crippen molar-refractivity contribution in [1.29, 1.82) is 0 Å². The van der Waals surface area contributed by atoms with Crippen molar-refractivity contribution in [3.05, 3.63) is 87.7 Å². The van der Waals surface area contributed by atoms with Crippen molar-refractivity contribution in [3.8, 4) is 5.75 Å². The summed E-state index contributed by atoms with van der Waals surface area (Å²) in [6, 6.07) is 10.7. The van der Waals surface area contributed by atoms with Crippen molar-refractivity contribution in [1.82, 2.24) is 0 Å². The summed E-state index contributed by atoms with van der Waals surface area (Å²) in [6.45, 7) is 3.03. The van der Waals surface area contributed by atoms with Gasteiger partial charge in [0.25, 0.3) is 10.0 Å². The number of carboxylic acids is 1. The van der Waals surface area contributed by atoms with Crippen LogP contribution >= 0.6 is 11.6 Å². The molecule has 0 saturated carbocycles. The zero-order valence-corrected chi connectivity index (χ0v) is 22.9. The van der Waals surface area contributed by atoms with Gasteiger partial charge in [0, 0.05) is 12.0 Å². The Bertz CT molecular complexity index is 1580. The van der Waals surface area contributed by atoms with Gasteiger partial charge in [-0.1, -0.05) is 29.8 Å². The minimum Gasteiger partial charge on any atom is -0.486 e. The summed E-state index contributed by atoms with van der Waals surface area (Å²) in [4.78, 5) is 10.6. The molecule has 0 unspecified atom stereocenters. The van der Waals surface area contributed by atoms with Crippen LogP contribution in [0.1, 0.15) is 42.0 Å². The number of ether oxygens (including phenoxy) is 1. The maximum atomic E-state index is 14.5. The first-order valence-electron chi connectivity index (χ1n) is 12.0. The maximum absolute atomic E-state index is 14.5. The van der Waals surface area contributed by atoms with Crippen LogP contribution in [0.2, 0.25) is 5.02 Å². The predicted octanol–water partition coefficient (Wildman–Crippen LogP) is 7.19. The molecule has 3 aromatic carbocycles. The van der Waals surface area contributed by atoms with E-state index in [0.29, 0.717) is 22.8 Å². The Morgan fingerprint density at radius 3 is 2.52 bits per heavy atom. The highest BCUT2D eigenvalue weighted by Gasteiger charge is 2.37. The van der Waals surface area contributed by atoms with Crippen molar-refractivity contribution < 1.29 is 40.6 Å². The number of aliphatic carboxylic acids is 1. The molecule has 12 heteroatoms. The molecular weight excluding hydrogens is 574 g/mol. The Hall–Kier alpha value is -3.57. The van der Waals surface area contributed by atoms with Crippen LogP contribution in [0.3, 0.4) is 0 Å². The van der Waals surface area contributed by atoms with Gasteiger partial charge in [0.15, 0.2) is 0 Å². The van der Waals surface area contributed by atoms with E-state index < -0.39 is 44.5 Å². The lowest BCUT2D eigenvalue weighted by molar-refractivity contribution is -0.138. The normalized spacial score (nSPS) is 15.9. The van der Waals surface area contributed by atoms with E-state index in [1.165, 1.54) is 24.3 Å². The Labute approximate surface area is 233 Å². The van der Waals surface area contributed by atoms with Crippen molar-refractivity contribution in [2.24, 2.45) is 0 Å². The number of carbonyl (C=O) groups is 1. The molecule has 0 fully saturated rings. The van der Waals surface area contributed by atoms with Crippen LogP contribution in [0, 0.1) is 12.7 Å². The molecule has 0 saturated heterocycles. The standard InChI is InChI=1S/C28H24ClF4NO5S/c1-16-12-25-24(13-18(16)11-17(2)27-22(29)7-4-8-23(27)30)34(15-20(39-25)9-10-26(35)36)40(37,38)21-6-3-5-19(14-21)28(31,32)33/h3-8,11-14,20H,9-10,15H2,1-2H3,(H,35,36)/b17-11+/t20-/m0/s1. The molecule has 0 spiro atoms. The highest BCUT2D eigenvalue weighted by atomic mass is 35.5. The quantitative estimate of drug-likeness (QED) is 0.230. The zero-order chi connectivity index (χ0) is 29.4. The van der Waals surface area contributed by atoms with Gasteiger partial charge < -0.3 is 9.84 Å². The average Bonchev–Trinajstić information content (AvgIpc) is 2.87. The van der Waals surface area contributed by atoms with E-state index >= 15 is 0 Å². The molecule has 0 bridgehead atoms. The number of allylic oxidation sites excluding steroid dienone is 1. The minimum atomic E-state index is -4.76. The second kappa shape index (κ2) is 11.1. The molecule has 1 aliphatic rings. The maximum Gasteiger partial charge on any atom is 0.416 e. The fourth-order valence-electron chi connectivity index (χ4n) is 4.43. The SMILES string of the molecule is C/C(=C\c1cc2c(cc1C)O[C@@H](CCC(=O)O)CN2S(=O)(=O)c1cccc(C(F)(F)F)c1)c1c(F)cccc1Cl. The van der Waals surface area contributed by atoms with Crippen molar-refractivity contribution in [2.45, 2.75) is 43.9 Å². The molecule has 3 aromatic rings. The third-order valence-electron chi connectivity index (χ3n) is 6.44. The van der Waals surface area contributed by atoms with Gasteiger partial charge in [-0.2, -0.15) is 13.2 Å². The van der Waals surface area contributed by atoms with Gasteiger partial charge in [0.1, 0.15) is 17.7 Å². The largest absolute Gasteiger partial charge is 0.486 e. The molecule has 1 heterocycles. The summed E-state index contributed by atoms with van der Waals surface area (Å²) in [5, 5.41) is 9.29. The van der Waals surface area contributed by atoms with Crippen molar-refractivity contribution in [2.75, 3.05) is 10.8 Å². The van der Waals surface area contributed by atoms with E-state index in [1.807, 2.05) is 0 Å². The molecule has 1 N–H and O–H groups in total. The van der Waals surface area contributed by atoms with Gasteiger partial charge in [0.2, 0.25) is 0 Å². The molecule has 1 atom stereocenters. The van der Waals surface area contributed by atoms with E-state index in [2.05, 4.69) is 0 Å². The summed E-state index contributed by atoms with van der Waals surface area (Å²) in [5.41, 5.74) is 0.658.